The van der Waals surface area contributed by atoms with Gasteiger partial charge in [0, 0.05) is 28.2 Å². The minimum absolute atomic E-state index is 0.231. The first-order valence-corrected chi connectivity index (χ1v) is 8.26. The van der Waals surface area contributed by atoms with Crippen LogP contribution in [0.2, 0.25) is 0 Å². The fourth-order valence-corrected chi connectivity index (χ4v) is 3.86. The molecule has 0 spiro atoms. The predicted octanol–water partition coefficient (Wildman–Crippen LogP) is 5.00. The van der Waals surface area contributed by atoms with Gasteiger partial charge in [-0.15, -0.1) is 0 Å². The first-order valence-electron chi connectivity index (χ1n) is 7.46. The van der Waals surface area contributed by atoms with E-state index < -0.39 is 0 Å². The van der Waals surface area contributed by atoms with Crippen LogP contribution in [0.15, 0.2) is 46.9 Å². The number of nitrogens with one attached hydrogen (secondary N) is 1. The average Bonchev–Trinajstić information content (AvgIpc) is 2.97. The fraction of sp³-hybridized carbons (Fsp3) is 0.333. The van der Waals surface area contributed by atoms with Crippen LogP contribution in [-0.4, -0.2) is 6.61 Å². The van der Waals surface area contributed by atoms with Crippen molar-refractivity contribution in [1.29, 1.82) is 0 Å². The number of benzene rings is 2. The van der Waals surface area contributed by atoms with Gasteiger partial charge in [-0.25, -0.2) is 0 Å². The summed E-state index contributed by atoms with van der Waals surface area (Å²) in [7, 11) is 0. The van der Waals surface area contributed by atoms with Crippen molar-refractivity contribution in [3.63, 3.8) is 0 Å². The fourth-order valence-electron chi connectivity index (χ4n) is 3.59. The number of hydrogen-bond acceptors (Lipinski definition) is 2. The van der Waals surface area contributed by atoms with E-state index in [1.165, 1.54) is 22.4 Å². The summed E-state index contributed by atoms with van der Waals surface area (Å²) in [6.45, 7) is 3.00. The highest BCUT2D eigenvalue weighted by molar-refractivity contribution is 9.10. The first kappa shape index (κ1) is 13.4. The maximum Gasteiger partial charge on any atom is 0.0896 e. The van der Waals surface area contributed by atoms with Gasteiger partial charge >= 0.3 is 0 Å². The Kier molecular flexibility index (Phi) is 3.27. The third-order valence-corrected chi connectivity index (χ3v) is 5.15. The second-order valence-electron chi connectivity index (χ2n) is 6.01. The van der Waals surface area contributed by atoms with E-state index in [4.69, 9.17) is 4.74 Å². The molecule has 1 N–H and O–H groups in total. The topological polar surface area (TPSA) is 21.3 Å². The van der Waals surface area contributed by atoms with Crippen molar-refractivity contribution >= 4 is 21.6 Å². The van der Waals surface area contributed by atoms with Crippen molar-refractivity contribution in [1.82, 2.24) is 0 Å². The van der Waals surface area contributed by atoms with E-state index in [0.717, 1.165) is 17.5 Å². The lowest BCUT2D eigenvalue weighted by atomic mass is 9.81. The molecule has 108 valence electrons. The van der Waals surface area contributed by atoms with Crippen molar-refractivity contribution in [3.05, 3.63) is 63.6 Å². The van der Waals surface area contributed by atoms with Crippen LogP contribution in [0.25, 0.3) is 0 Å². The number of rotatable bonds is 1. The smallest absolute Gasteiger partial charge is 0.0896 e. The number of halogens is 1. The number of anilines is 1. The molecule has 0 saturated carbocycles. The minimum atomic E-state index is 0.231. The zero-order valence-corrected chi connectivity index (χ0v) is 13.6. The van der Waals surface area contributed by atoms with E-state index in [9.17, 15) is 0 Å². The molecule has 21 heavy (non-hydrogen) atoms. The molecule has 3 heteroatoms. The summed E-state index contributed by atoms with van der Waals surface area (Å²) in [5.41, 5.74) is 5.18. The Balaban J connectivity index is 1.77. The maximum absolute atomic E-state index is 6.06. The van der Waals surface area contributed by atoms with Gasteiger partial charge in [-0.05, 0) is 37.1 Å². The molecule has 2 aromatic carbocycles. The molecule has 0 aromatic heterocycles. The van der Waals surface area contributed by atoms with Crippen molar-refractivity contribution in [2.45, 2.75) is 25.5 Å². The first-order chi connectivity index (χ1) is 10.2. The Morgan fingerprint density at radius 2 is 1.95 bits per heavy atom. The molecule has 1 fully saturated rings. The monoisotopic (exact) mass is 343 g/mol. The van der Waals surface area contributed by atoms with E-state index in [1.54, 1.807) is 0 Å². The standard InChI is InChI=1S/C18H18BrNO/c1-11-2-7-16-15(10-11)18-14(8-9-21-18)17(20-16)12-3-5-13(19)6-4-12/h2-7,10,14,17-18,20H,8-9H2,1H3/t14-,17+,18+/m0/s1. The lowest BCUT2D eigenvalue weighted by Gasteiger charge is -2.36. The van der Waals surface area contributed by atoms with Crippen LogP contribution in [0.3, 0.4) is 0 Å². The average molecular weight is 344 g/mol. The highest BCUT2D eigenvalue weighted by Crippen LogP contribution is 2.49. The van der Waals surface area contributed by atoms with Crippen molar-refractivity contribution in [3.8, 4) is 0 Å². The van der Waals surface area contributed by atoms with Crippen LogP contribution in [0, 0.1) is 12.8 Å². The highest BCUT2D eigenvalue weighted by atomic mass is 79.9. The summed E-state index contributed by atoms with van der Waals surface area (Å²) >= 11 is 3.51. The summed E-state index contributed by atoms with van der Waals surface area (Å²) in [6.07, 6.45) is 1.35. The summed E-state index contributed by atoms with van der Waals surface area (Å²) in [4.78, 5) is 0. The molecule has 2 aliphatic heterocycles. The number of fused-ring (bicyclic) bond motifs is 3. The SMILES string of the molecule is Cc1ccc2c(c1)[C@@H]1OCC[C@H]1[C@@H](c1ccc(Br)cc1)N2. The molecule has 4 rings (SSSR count). The van der Waals surface area contributed by atoms with Gasteiger partial charge in [0.2, 0.25) is 0 Å². The molecule has 2 aromatic rings. The van der Waals surface area contributed by atoms with Gasteiger partial charge < -0.3 is 10.1 Å². The molecule has 0 bridgehead atoms. The van der Waals surface area contributed by atoms with Crippen molar-refractivity contribution < 1.29 is 4.74 Å². The van der Waals surface area contributed by atoms with E-state index in [-0.39, 0.29) is 6.10 Å². The summed E-state index contributed by atoms with van der Waals surface area (Å²) in [6, 6.07) is 15.6. The molecule has 2 heterocycles. The van der Waals surface area contributed by atoms with E-state index in [1.807, 2.05) is 0 Å². The third kappa shape index (κ3) is 2.29. The lowest BCUT2D eigenvalue weighted by molar-refractivity contribution is 0.0829. The van der Waals surface area contributed by atoms with Gasteiger partial charge in [-0.2, -0.15) is 0 Å². The maximum atomic E-state index is 6.06. The van der Waals surface area contributed by atoms with E-state index in [2.05, 4.69) is 70.6 Å². The van der Waals surface area contributed by atoms with Crippen molar-refractivity contribution in [2.24, 2.45) is 5.92 Å². The van der Waals surface area contributed by atoms with Crippen LogP contribution < -0.4 is 5.32 Å². The molecule has 0 aliphatic carbocycles. The number of aryl methyl sites for hydroxylation is 1. The summed E-state index contributed by atoms with van der Waals surface area (Å²) < 4.78 is 7.19. The zero-order valence-electron chi connectivity index (χ0n) is 12.0. The Labute approximate surface area is 133 Å². The highest BCUT2D eigenvalue weighted by Gasteiger charge is 2.41. The van der Waals surface area contributed by atoms with Gasteiger partial charge in [0.15, 0.2) is 0 Å². The van der Waals surface area contributed by atoms with Gasteiger partial charge in [0.1, 0.15) is 0 Å². The Bertz CT molecular complexity index is 667. The molecule has 0 radical (unpaired) electrons. The Morgan fingerprint density at radius 1 is 1.14 bits per heavy atom. The van der Waals surface area contributed by atoms with Crippen LogP contribution in [0.4, 0.5) is 5.69 Å². The molecule has 2 aliphatic rings. The van der Waals surface area contributed by atoms with Crippen LogP contribution in [-0.2, 0) is 4.74 Å². The minimum Gasteiger partial charge on any atom is -0.378 e. The molecular weight excluding hydrogens is 326 g/mol. The van der Waals surface area contributed by atoms with Crippen molar-refractivity contribution in [2.75, 3.05) is 11.9 Å². The molecule has 3 atom stereocenters. The van der Waals surface area contributed by atoms with Gasteiger partial charge in [-0.3, -0.25) is 0 Å². The summed E-state index contributed by atoms with van der Waals surface area (Å²) in [5.74, 6) is 0.514. The van der Waals surface area contributed by atoms with Gasteiger partial charge in [-0.1, -0.05) is 45.8 Å². The largest absolute Gasteiger partial charge is 0.378 e. The second-order valence-corrected chi connectivity index (χ2v) is 6.92. The quantitative estimate of drug-likeness (QED) is 0.786. The normalized spacial score (nSPS) is 26.9. The molecule has 2 nitrogen and oxygen atoms in total. The zero-order chi connectivity index (χ0) is 14.4. The second kappa shape index (κ2) is 5.15. The van der Waals surface area contributed by atoms with Gasteiger partial charge in [0.25, 0.3) is 0 Å². The molecule has 0 amide bonds. The van der Waals surface area contributed by atoms with Crippen LogP contribution in [0.1, 0.15) is 35.3 Å². The van der Waals surface area contributed by atoms with E-state index in [0.29, 0.717) is 12.0 Å². The van der Waals surface area contributed by atoms with E-state index >= 15 is 0 Å². The third-order valence-electron chi connectivity index (χ3n) is 4.62. The Morgan fingerprint density at radius 3 is 2.76 bits per heavy atom. The summed E-state index contributed by atoms with van der Waals surface area (Å²) in [5, 5.41) is 3.74. The van der Waals surface area contributed by atoms with Crippen LogP contribution in [0.5, 0.6) is 0 Å². The number of ether oxygens (including phenoxy) is 1. The lowest BCUT2D eigenvalue weighted by Crippen LogP contribution is -2.29. The van der Waals surface area contributed by atoms with Crippen LogP contribution >= 0.6 is 15.9 Å². The molecule has 1 saturated heterocycles. The predicted molar refractivity (Wildman–Crippen MR) is 88.5 cm³/mol. The molecular formula is C18H18BrNO. The van der Waals surface area contributed by atoms with Gasteiger partial charge in [0.05, 0.1) is 12.1 Å². The molecule has 0 unspecified atom stereocenters. The number of hydrogen-bond donors (Lipinski definition) is 1. The Hall–Kier alpha value is -1.32.